The van der Waals surface area contributed by atoms with Crippen molar-refractivity contribution in [2.24, 2.45) is 5.92 Å². The van der Waals surface area contributed by atoms with Crippen LogP contribution in [0.3, 0.4) is 0 Å². The first kappa shape index (κ1) is 13.9. The van der Waals surface area contributed by atoms with Crippen molar-refractivity contribution >= 4 is 5.69 Å². The number of hydrogen-bond donors (Lipinski definition) is 1. The Hall–Kier alpha value is -1.02. The van der Waals surface area contributed by atoms with E-state index in [1.807, 2.05) is 6.07 Å². The first-order chi connectivity index (χ1) is 9.76. The van der Waals surface area contributed by atoms with E-state index < -0.39 is 0 Å². The molecule has 2 aliphatic carbocycles. The third-order valence-electron chi connectivity index (χ3n) is 5.13. The molecule has 2 nitrogen and oxygen atoms in total. The molecule has 0 bridgehead atoms. The van der Waals surface area contributed by atoms with Gasteiger partial charge in [0.15, 0.2) is 0 Å². The average molecular weight is 272 g/mol. The van der Waals surface area contributed by atoms with Crippen LogP contribution in [0.1, 0.15) is 57.4 Å². The predicted octanol–water partition coefficient (Wildman–Crippen LogP) is 4.20. The maximum atomic E-state index is 5.93. The molecule has 0 heterocycles. The average Bonchev–Trinajstić information content (AvgIpc) is 3.29. The van der Waals surface area contributed by atoms with E-state index in [0.29, 0.717) is 0 Å². The molecule has 0 aliphatic heterocycles. The summed E-state index contributed by atoms with van der Waals surface area (Å²) in [6.45, 7) is 3.45. The highest BCUT2D eigenvalue weighted by Crippen LogP contribution is 2.37. The Morgan fingerprint density at radius 1 is 1.15 bits per heavy atom. The molecule has 3 rings (SSSR count). The van der Waals surface area contributed by atoms with Crippen LogP contribution in [0.15, 0.2) is 24.3 Å². The Balaban J connectivity index is 1.69. The lowest BCUT2D eigenvalue weighted by Gasteiger charge is -2.37. The van der Waals surface area contributed by atoms with Gasteiger partial charge in [-0.25, -0.2) is 0 Å². The highest BCUT2D eigenvalue weighted by Gasteiger charge is 2.35. The lowest BCUT2D eigenvalue weighted by atomic mass is 9.83. The van der Waals surface area contributed by atoms with Crippen molar-refractivity contribution < 1.29 is 0 Å². The van der Waals surface area contributed by atoms with Crippen LogP contribution >= 0.6 is 0 Å². The molecular weight excluding hydrogens is 244 g/mol. The molecule has 0 saturated heterocycles. The first-order valence-corrected chi connectivity index (χ1v) is 8.36. The monoisotopic (exact) mass is 272 g/mol. The molecule has 20 heavy (non-hydrogen) atoms. The van der Waals surface area contributed by atoms with E-state index in [2.05, 4.69) is 30.0 Å². The number of rotatable bonds is 5. The Morgan fingerprint density at radius 3 is 2.70 bits per heavy atom. The summed E-state index contributed by atoms with van der Waals surface area (Å²) < 4.78 is 0. The molecule has 0 amide bonds. The van der Waals surface area contributed by atoms with Crippen molar-refractivity contribution in [1.29, 1.82) is 0 Å². The van der Waals surface area contributed by atoms with Gasteiger partial charge in [-0.3, -0.25) is 4.90 Å². The Morgan fingerprint density at radius 2 is 2.00 bits per heavy atom. The van der Waals surface area contributed by atoms with Gasteiger partial charge in [0.2, 0.25) is 0 Å². The van der Waals surface area contributed by atoms with Crippen LogP contribution in [0, 0.1) is 5.92 Å². The fourth-order valence-corrected chi connectivity index (χ4v) is 3.80. The Kier molecular flexibility index (Phi) is 4.30. The molecule has 0 radical (unpaired) electrons. The van der Waals surface area contributed by atoms with Gasteiger partial charge in [-0.05, 0) is 49.3 Å². The van der Waals surface area contributed by atoms with Crippen LogP contribution < -0.4 is 5.73 Å². The third kappa shape index (κ3) is 3.35. The van der Waals surface area contributed by atoms with E-state index >= 15 is 0 Å². The molecule has 2 fully saturated rings. The van der Waals surface area contributed by atoms with Crippen molar-refractivity contribution in [3.8, 4) is 0 Å². The van der Waals surface area contributed by atoms with Gasteiger partial charge < -0.3 is 5.73 Å². The summed E-state index contributed by atoms with van der Waals surface area (Å²) in [5, 5.41) is 0. The number of hydrogen-bond acceptors (Lipinski definition) is 2. The number of benzene rings is 1. The van der Waals surface area contributed by atoms with Crippen molar-refractivity contribution in [2.75, 3.05) is 5.73 Å². The van der Waals surface area contributed by atoms with E-state index in [0.717, 1.165) is 30.2 Å². The molecule has 110 valence electrons. The zero-order valence-electron chi connectivity index (χ0n) is 12.7. The van der Waals surface area contributed by atoms with Gasteiger partial charge in [-0.1, -0.05) is 38.3 Å². The molecule has 0 aromatic heterocycles. The molecule has 2 unspecified atom stereocenters. The quantitative estimate of drug-likeness (QED) is 0.814. The van der Waals surface area contributed by atoms with E-state index in [1.165, 1.54) is 50.5 Å². The first-order valence-electron chi connectivity index (χ1n) is 8.36. The fourth-order valence-electron chi connectivity index (χ4n) is 3.80. The molecule has 1 aromatic carbocycles. The van der Waals surface area contributed by atoms with Gasteiger partial charge in [0.1, 0.15) is 0 Å². The van der Waals surface area contributed by atoms with Crippen molar-refractivity contribution in [3.63, 3.8) is 0 Å². The van der Waals surface area contributed by atoms with Gasteiger partial charge in [0.25, 0.3) is 0 Å². The maximum Gasteiger partial charge on any atom is 0.0317 e. The minimum Gasteiger partial charge on any atom is -0.399 e. The molecule has 2 N–H and O–H groups in total. The minimum absolute atomic E-state index is 0.808. The largest absolute Gasteiger partial charge is 0.399 e. The molecule has 1 aromatic rings. The predicted molar refractivity (Wildman–Crippen MR) is 85.5 cm³/mol. The number of nitrogens with two attached hydrogens (primary N) is 1. The standard InChI is InChI=1S/C18H28N2/c1-2-14-5-4-8-18(12-14)20(17-9-10-17)13-15-6-3-7-16(19)11-15/h3,6-7,11,14,17-18H,2,4-5,8-10,12-13,19H2,1H3. The fraction of sp³-hybridized carbons (Fsp3) is 0.667. The number of nitrogens with zero attached hydrogens (tertiary/aromatic N) is 1. The normalized spacial score (nSPS) is 26.9. The highest BCUT2D eigenvalue weighted by atomic mass is 15.2. The Bertz CT molecular complexity index is 439. The summed E-state index contributed by atoms with van der Waals surface area (Å²) in [4.78, 5) is 2.79. The minimum atomic E-state index is 0.808. The second-order valence-corrected chi connectivity index (χ2v) is 6.74. The van der Waals surface area contributed by atoms with Crippen molar-refractivity contribution in [1.82, 2.24) is 4.90 Å². The van der Waals surface area contributed by atoms with Crippen LogP contribution in [-0.4, -0.2) is 17.0 Å². The Labute approximate surface area is 123 Å². The molecule has 2 saturated carbocycles. The molecular formula is C18H28N2. The summed E-state index contributed by atoms with van der Waals surface area (Å²) in [6, 6.07) is 10.1. The SMILES string of the molecule is CCC1CCCC(N(Cc2cccc(N)c2)C2CC2)C1. The number of nitrogen functional groups attached to an aromatic ring is 1. The lowest BCUT2D eigenvalue weighted by Crippen LogP contribution is -2.39. The summed E-state index contributed by atoms with van der Waals surface area (Å²) >= 11 is 0. The lowest BCUT2D eigenvalue weighted by molar-refractivity contribution is 0.113. The summed E-state index contributed by atoms with van der Waals surface area (Å²) in [7, 11) is 0. The third-order valence-corrected chi connectivity index (χ3v) is 5.13. The van der Waals surface area contributed by atoms with Crippen LogP contribution in [0.25, 0.3) is 0 Å². The second kappa shape index (κ2) is 6.17. The summed E-state index contributed by atoms with van der Waals surface area (Å²) in [6.07, 6.45) is 9.83. The van der Waals surface area contributed by atoms with E-state index in [9.17, 15) is 0 Å². The molecule has 2 atom stereocenters. The van der Waals surface area contributed by atoms with Gasteiger partial charge in [-0.15, -0.1) is 0 Å². The second-order valence-electron chi connectivity index (χ2n) is 6.74. The summed E-state index contributed by atoms with van der Waals surface area (Å²) in [5.74, 6) is 0.954. The van der Waals surface area contributed by atoms with E-state index in [4.69, 9.17) is 5.73 Å². The van der Waals surface area contributed by atoms with Crippen LogP contribution in [-0.2, 0) is 6.54 Å². The van der Waals surface area contributed by atoms with Crippen molar-refractivity contribution in [2.45, 2.75) is 70.5 Å². The zero-order chi connectivity index (χ0) is 13.9. The van der Waals surface area contributed by atoms with Crippen LogP contribution in [0.2, 0.25) is 0 Å². The highest BCUT2D eigenvalue weighted by molar-refractivity contribution is 5.40. The van der Waals surface area contributed by atoms with Gasteiger partial charge in [-0.2, -0.15) is 0 Å². The molecule has 2 heteroatoms. The van der Waals surface area contributed by atoms with Gasteiger partial charge in [0.05, 0.1) is 0 Å². The topological polar surface area (TPSA) is 29.3 Å². The van der Waals surface area contributed by atoms with E-state index in [-0.39, 0.29) is 0 Å². The molecule has 2 aliphatic rings. The van der Waals surface area contributed by atoms with Gasteiger partial charge in [0, 0.05) is 24.3 Å². The van der Waals surface area contributed by atoms with Gasteiger partial charge >= 0.3 is 0 Å². The van der Waals surface area contributed by atoms with E-state index in [1.54, 1.807) is 0 Å². The maximum absolute atomic E-state index is 5.93. The van der Waals surface area contributed by atoms with Crippen molar-refractivity contribution in [3.05, 3.63) is 29.8 Å². The van der Waals surface area contributed by atoms with Crippen LogP contribution in [0.5, 0.6) is 0 Å². The van der Waals surface area contributed by atoms with Crippen LogP contribution in [0.4, 0.5) is 5.69 Å². The smallest absolute Gasteiger partial charge is 0.0317 e. The zero-order valence-corrected chi connectivity index (χ0v) is 12.7. The molecule has 0 spiro atoms. The number of anilines is 1. The summed E-state index contributed by atoms with van der Waals surface area (Å²) in [5.41, 5.74) is 8.21.